The lowest BCUT2D eigenvalue weighted by molar-refractivity contribution is -0.177. The molecule has 0 spiro atoms. The van der Waals surface area contributed by atoms with Crippen LogP contribution in [0.2, 0.25) is 0 Å². The first-order valence-electron chi connectivity index (χ1n) is 9.94. The molecule has 148 valence electrons. The largest absolute Gasteiger partial charge is 0.386 e. The van der Waals surface area contributed by atoms with Crippen molar-refractivity contribution in [1.29, 1.82) is 0 Å². The first-order valence-corrected chi connectivity index (χ1v) is 9.94. The van der Waals surface area contributed by atoms with Crippen LogP contribution in [0.4, 0.5) is 0 Å². The van der Waals surface area contributed by atoms with Gasteiger partial charge in [-0.3, -0.25) is 9.59 Å². The number of aliphatic hydroxyl groups is 2. The number of rotatable bonds is 0. The molecule has 12 atom stereocenters. The highest BCUT2D eigenvalue weighted by Gasteiger charge is 2.68. The second-order valence-corrected chi connectivity index (χ2v) is 8.97. The van der Waals surface area contributed by atoms with Gasteiger partial charge in [-0.05, 0) is 25.0 Å². The molecule has 0 aromatic carbocycles. The summed E-state index contributed by atoms with van der Waals surface area (Å²) in [7, 11) is 0. The van der Waals surface area contributed by atoms with Crippen molar-refractivity contribution in [3.05, 3.63) is 22.3 Å². The minimum absolute atomic E-state index is 0.110. The molecule has 4 heterocycles. The number of carbonyl (C=O) groups is 2. The summed E-state index contributed by atoms with van der Waals surface area (Å²) in [5.74, 6) is -1.10. The summed E-state index contributed by atoms with van der Waals surface area (Å²) >= 11 is 0. The topological polar surface area (TPSA) is 118 Å². The van der Waals surface area contributed by atoms with E-state index in [-0.39, 0.29) is 23.8 Å². The lowest BCUT2D eigenvalue weighted by Gasteiger charge is -2.55. The number of hydrogen-bond acceptors (Lipinski definition) is 8. The molecular formula is C20H20O8. The van der Waals surface area contributed by atoms with Crippen LogP contribution in [0.5, 0.6) is 0 Å². The van der Waals surface area contributed by atoms with Crippen LogP contribution in [-0.4, -0.2) is 82.8 Å². The number of fused-ring (bicyclic) bond motifs is 4. The molecule has 0 saturated carbocycles. The van der Waals surface area contributed by atoms with E-state index in [0.29, 0.717) is 22.3 Å². The fourth-order valence-electron chi connectivity index (χ4n) is 6.43. The molecular weight excluding hydrogens is 368 g/mol. The molecule has 2 fully saturated rings. The molecule has 2 saturated heterocycles. The first-order chi connectivity index (χ1) is 13.4. The van der Waals surface area contributed by atoms with Gasteiger partial charge < -0.3 is 29.2 Å². The molecule has 3 aliphatic carbocycles. The zero-order valence-electron chi connectivity index (χ0n) is 15.3. The zero-order valence-corrected chi connectivity index (χ0v) is 15.3. The third-order valence-electron chi connectivity index (χ3n) is 7.66. The molecule has 8 nitrogen and oxygen atoms in total. The van der Waals surface area contributed by atoms with Crippen LogP contribution in [0.1, 0.15) is 13.8 Å². The lowest BCUT2D eigenvalue weighted by atomic mass is 9.60. The van der Waals surface area contributed by atoms with Gasteiger partial charge in [-0.25, -0.2) is 0 Å². The van der Waals surface area contributed by atoms with Crippen molar-refractivity contribution in [1.82, 2.24) is 0 Å². The Morgan fingerprint density at radius 3 is 1.43 bits per heavy atom. The maximum Gasteiger partial charge on any atom is 0.190 e. The number of Topliss-reactive ketones (excluding diaryl/α,β-unsaturated/α-hetero) is 2. The molecule has 4 aliphatic heterocycles. The number of hydrogen-bond donors (Lipinski definition) is 2. The van der Waals surface area contributed by atoms with Crippen molar-refractivity contribution < 1.29 is 38.7 Å². The smallest absolute Gasteiger partial charge is 0.190 e. The van der Waals surface area contributed by atoms with Crippen LogP contribution < -0.4 is 0 Å². The highest BCUT2D eigenvalue weighted by Crippen LogP contribution is 2.57. The quantitative estimate of drug-likeness (QED) is 0.498. The third kappa shape index (κ3) is 1.67. The van der Waals surface area contributed by atoms with Gasteiger partial charge >= 0.3 is 0 Å². The summed E-state index contributed by atoms with van der Waals surface area (Å²) in [4.78, 5) is 26.3. The Balaban J connectivity index is 1.50. The maximum absolute atomic E-state index is 13.1. The van der Waals surface area contributed by atoms with E-state index in [0.717, 1.165) is 0 Å². The normalized spacial score (nSPS) is 58.0. The van der Waals surface area contributed by atoms with Gasteiger partial charge in [0.2, 0.25) is 0 Å². The van der Waals surface area contributed by atoms with Crippen LogP contribution in [0.3, 0.4) is 0 Å². The summed E-state index contributed by atoms with van der Waals surface area (Å²) in [6, 6.07) is 0. The second-order valence-electron chi connectivity index (χ2n) is 8.97. The molecule has 28 heavy (non-hydrogen) atoms. The third-order valence-corrected chi connectivity index (χ3v) is 7.66. The average molecular weight is 388 g/mol. The second kappa shape index (κ2) is 4.83. The Hall–Kier alpha value is -1.42. The molecule has 0 aromatic rings. The van der Waals surface area contributed by atoms with Crippen LogP contribution in [-0.2, 0) is 28.5 Å². The predicted molar refractivity (Wildman–Crippen MR) is 89.1 cm³/mol. The van der Waals surface area contributed by atoms with Crippen LogP contribution in [0.25, 0.3) is 0 Å². The summed E-state index contributed by atoms with van der Waals surface area (Å²) in [6.07, 6.45) is -6.30. The fraction of sp³-hybridized carbons (Fsp3) is 0.700. The van der Waals surface area contributed by atoms with Gasteiger partial charge in [0.05, 0.1) is 12.2 Å². The van der Waals surface area contributed by atoms with Gasteiger partial charge in [0.15, 0.2) is 11.6 Å². The van der Waals surface area contributed by atoms with Crippen molar-refractivity contribution in [3.8, 4) is 0 Å². The van der Waals surface area contributed by atoms with E-state index in [1.165, 1.54) is 0 Å². The van der Waals surface area contributed by atoms with E-state index in [1.54, 1.807) is 0 Å². The number of ether oxygens (including phenoxy) is 4. The van der Waals surface area contributed by atoms with E-state index < -0.39 is 60.7 Å². The van der Waals surface area contributed by atoms with Gasteiger partial charge in [0.1, 0.15) is 48.8 Å². The molecule has 4 bridgehead atoms. The van der Waals surface area contributed by atoms with Crippen molar-refractivity contribution >= 4 is 11.6 Å². The van der Waals surface area contributed by atoms with Crippen LogP contribution in [0.15, 0.2) is 22.3 Å². The molecule has 2 unspecified atom stereocenters. The number of ketones is 2. The molecule has 0 aromatic heterocycles. The molecule has 7 rings (SSSR count). The Morgan fingerprint density at radius 1 is 0.643 bits per heavy atom. The Morgan fingerprint density at radius 2 is 1.04 bits per heavy atom. The van der Waals surface area contributed by atoms with E-state index in [2.05, 4.69) is 0 Å². The Bertz CT molecular complexity index is 845. The van der Waals surface area contributed by atoms with Gasteiger partial charge in [-0.1, -0.05) is 0 Å². The molecule has 7 aliphatic rings. The van der Waals surface area contributed by atoms with E-state index in [1.807, 2.05) is 13.8 Å². The highest BCUT2D eigenvalue weighted by molar-refractivity contribution is 6.07. The number of carbonyl (C=O) groups excluding carboxylic acids is 2. The minimum Gasteiger partial charge on any atom is -0.386 e. The van der Waals surface area contributed by atoms with E-state index in [9.17, 15) is 19.8 Å². The monoisotopic (exact) mass is 388 g/mol. The highest BCUT2D eigenvalue weighted by atomic mass is 16.6. The summed E-state index contributed by atoms with van der Waals surface area (Å²) < 4.78 is 23.4. The Kier molecular flexibility index (Phi) is 2.83. The van der Waals surface area contributed by atoms with Gasteiger partial charge in [0.25, 0.3) is 0 Å². The average Bonchev–Trinajstić information content (AvgIpc) is 3.53. The number of aliphatic hydroxyl groups excluding tert-OH is 2. The summed E-state index contributed by atoms with van der Waals surface area (Å²) in [5, 5.41) is 21.8. The minimum atomic E-state index is -0.943. The standard InChI is InChI=1S/C20H20O8/c1-3-5-6-4(2)26-16(10-8(6)12(22)18-20(28-18)14(10)24)15(25-3)9-7(5)11(21)17-19(27-17)13(9)23/h3-6,13-20,23-24H,1-2H3/t3?,4?,5-,6-,13-,14-,15+,16+,17-,18-,19+,20+/m0/s1. The maximum atomic E-state index is 13.1. The lowest BCUT2D eigenvalue weighted by Crippen LogP contribution is -2.62. The Labute approximate surface area is 160 Å². The molecule has 0 amide bonds. The van der Waals surface area contributed by atoms with Crippen LogP contribution in [0, 0.1) is 11.8 Å². The van der Waals surface area contributed by atoms with Crippen molar-refractivity contribution in [2.75, 3.05) is 0 Å². The first kappa shape index (κ1) is 16.4. The summed E-state index contributed by atoms with van der Waals surface area (Å²) in [6.45, 7) is 3.80. The van der Waals surface area contributed by atoms with Gasteiger partial charge in [-0.15, -0.1) is 0 Å². The fourth-order valence-corrected chi connectivity index (χ4v) is 6.43. The van der Waals surface area contributed by atoms with Crippen molar-refractivity contribution in [3.63, 3.8) is 0 Å². The van der Waals surface area contributed by atoms with E-state index >= 15 is 0 Å². The van der Waals surface area contributed by atoms with Crippen molar-refractivity contribution in [2.24, 2.45) is 11.8 Å². The zero-order chi connectivity index (χ0) is 19.2. The number of epoxide rings is 2. The SMILES string of the molecule is CC1O[C@@H]2C3=C(C(=O)[C@@H]4O[C@@H]4[C@H]3O)[C@@H]1[C@H]1C3=C([C@H]2OC1C)[C@H](O)[C@H]1O[C@H]1C3=O. The molecule has 2 N–H and O–H groups in total. The molecule has 0 radical (unpaired) electrons. The molecule has 8 heteroatoms. The van der Waals surface area contributed by atoms with Crippen LogP contribution >= 0.6 is 0 Å². The van der Waals surface area contributed by atoms with Gasteiger partial charge in [0, 0.05) is 23.0 Å². The van der Waals surface area contributed by atoms with E-state index in [4.69, 9.17) is 18.9 Å². The van der Waals surface area contributed by atoms with Gasteiger partial charge in [-0.2, -0.15) is 0 Å². The van der Waals surface area contributed by atoms with Crippen molar-refractivity contribution in [2.45, 2.75) is 74.9 Å². The summed E-state index contributed by atoms with van der Waals surface area (Å²) in [5.41, 5.74) is 2.12. The predicted octanol–water partition coefficient (Wildman–Crippen LogP) is -1.18.